The lowest BCUT2D eigenvalue weighted by Crippen LogP contribution is -2.31. The first-order valence-corrected chi connectivity index (χ1v) is 5.97. The van der Waals surface area contributed by atoms with E-state index in [4.69, 9.17) is 0 Å². The van der Waals surface area contributed by atoms with E-state index < -0.39 is 0 Å². The molecule has 0 radical (unpaired) electrons. The highest BCUT2D eigenvalue weighted by molar-refractivity contribution is 5.00. The molecular formula is C12H18N2O2. The van der Waals surface area contributed by atoms with Crippen molar-refractivity contribution in [1.82, 2.24) is 9.55 Å². The predicted molar refractivity (Wildman–Crippen MR) is 62.6 cm³/mol. The molecular weight excluding hydrogens is 204 g/mol. The second kappa shape index (κ2) is 4.68. The van der Waals surface area contributed by atoms with Crippen LogP contribution >= 0.6 is 0 Å². The summed E-state index contributed by atoms with van der Waals surface area (Å²) in [6.07, 6.45) is 7.93. The van der Waals surface area contributed by atoms with Gasteiger partial charge in [0.05, 0.1) is 0 Å². The van der Waals surface area contributed by atoms with Crippen molar-refractivity contribution < 1.29 is 0 Å². The van der Waals surface area contributed by atoms with Gasteiger partial charge in [-0.25, -0.2) is 4.79 Å². The van der Waals surface area contributed by atoms with Crippen molar-refractivity contribution in [3.05, 3.63) is 32.6 Å². The molecule has 1 heterocycles. The number of H-pyrrole nitrogens is 1. The summed E-state index contributed by atoms with van der Waals surface area (Å²) >= 11 is 0. The molecule has 0 aliphatic heterocycles. The van der Waals surface area contributed by atoms with Crippen LogP contribution in [-0.2, 0) is 6.54 Å². The molecule has 0 aromatic carbocycles. The van der Waals surface area contributed by atoms with E-state index in [1.165, 1.54) is 25.7 Å². The zero-order valence-electron chi connectivity index (χ0n) is 9.66. The number of aromatic amines is 1. The highest BCUT2D eigenvalue weighted by atomic mass is 16.2. The molecule has 0 saturated heterocycles. The molecule has 2 rings (SSSR count). The van der Waals surface area contributed by atoms with Gasteiger partial charge in [0.15, 0.2) is 0 Å². The molecule has 1 N–H and O–H groups in total. The van der Waals surface area contributed by atoms with E-state index >= 15 is 0 Å². The summed E-state index contributed by atoms with van der Waals surface area (Å²) in [6, 6.07) is 0. The first kappa shape index (κ1) is 11.2. The first-order chi connectivity index (χ1) is 7.66. The Morgan fingerprint density at radius 1 is 1.38 bits per heavy atom. The van der Waals surface area contributed by atoms with E-state index in [0.29, 0.717) is 5.56 Å². The molecule has 1 fully saturated rings. The molecule has 0 amide bonds. The lowest BCUT2D eigenvalue weighted by molar-refractivity contribution is 0.448. The molecule has 16 heavy (non-hydrogen) atoms. The Bertz CT molecular complexity index is 467. The van der Waals surface area contributed by atoms with E-state index in [1.54, 1.807) is 17.7 Å². The monoisotopic (exact) mass is 222 g/mol. The third-order valence-electron chi connectivity index (χ3n) is 3.44. The molecule has 4 heteroatoms. The van der Waals surface area contributed by atoms with Crippen molar-refractivity contribution in [2.75, 3.05) is 0 Å². The number of aryl methyl sites for hydroxylation is 2. The van der Waals surface area contributed by atoms with E-state index in [-0.39, 0.29) is 11.2 Å². The first-order valence-electron chi connectivity index (χ1n) is 5.97. The highest BCUT2D eigenvalue weighted by Crippen LogP contribution is 2.27. The molecule has 0 spiro atoms. The number of hydrogen-bond acceptors (Lipinski definition) is 2. The van der Waals surface area contributed by atoms with Gasteiger partial charge in [-0.15, -0.1) is 0 Å². The summed E-state index contributed by atoms with van der Waals surface area (Å²) < 4.78 is 1.62. The maximum atomic E-state index is 11.5. The molecule has 1 aromatic rings. The molecule has 0 atom stereocenters. The lowest BCUT2D eigenvalue weighted by atomic mass is 10.0. The maximum Gasteiger partial charge on any atom is 0.328 e. The quantitative estimate of drug-likeness (QED) is 0.841. The van der Waals surface area contributed by atoms with Crippen LogP contribution < -0.4 is 11.2 Å². The van der Waals surface area contributed by atoms with Crippen LogP contribution in [0, 0.1) is 12.8 Å². The van der Waals surface area contributed by atoms with Gasteiger partial charge >= 0.3 is 5.69 Å². The van der Waals surface area contributed by atoms with Gasteiger partial charge in [0.2, 0.25) is 0 Å². The summed E-state index contributed by atoms with van der Waals surface area (Å²) in [5.41, 5.74) is 0.0433. The third kappa shape index (κ3) is 2.43. The lowest BCUT2D eigenvalue weighted by Gasteiger charge is -2.10. The number of nitrogens with zero attached hydrogens (tertiary/aromatic N) is 1. The normalized spacial score (nSPS) is 16.8. The van der Waals surface area contributed by atoms with Crippen LogP contribution in [0.1, 0.15) is 37.7 Å². The zero-order chi connectivity index (χ0) is 11.5. The third-order valence-corrected chi connectivity index (χ3v) is 3.44. The largest absolute Gasteiger partial charge is 0.328 e. The standard InChI is InChI=1S/C12H18N2O2/c1-9-8-14(12(16)13-11(9)15)7-6-10-4-2-3-5-10/h8,10H,2-7H2,1H3,(H,13,15,16). The van der Waals surface area contributed by atoms with Gasteiger partial charge < -0.3 is 4.57 Å². The summed E-state index contributed by atoms with van der Waals surface area (Å²) in [4.78, 5) is 25.0. The minimum atomic E-state index is -0.284. The van der Waals surface area contributed by atoms with Gasteiger partial charge in [0.1, 0.15) is 0 Å². The molecule has 4 nitrogen and oxygen atoms in total. The van der Waals surface area contributed by atoms with Crippen molar-refractivity contribution in [2.45, 2.75) is 45.6 Å². The topological polar surface area (TPSA) is 54.9 Å². The molecule has 0 unspecified atom stereocenters. The Kier molecular flexibility index (Phi) is 3.27. The van der Waals surface area contributed by atoms with Crippen LogP contribution in [-0.4, -0.2) is 9.55 Å². The van der Waals surface area contributed by atoms with Crippen LogP contribution in [0.25, 0.3) is 0 Å². The fourth-order valence-corrected chi connectivity index (χ4v) is 2.41. The van der Waals surface area contributed by atoms with Gasteiger partial charge in [0.25, 0.3) is 5.56 Å². The fourth-order valence-electron chi connectivity index (χ4n) is 2.41. The Balaban J connectivity index is 2.06. The fraction of sp³-hybridized carbons (Fsp3) is 0.667. The Morgan fingerprint density at radius 2 is 2.06 bits per heavy atom. The van der Waals surface area contributed by atoms with E-state index in [9.17, 15) is 9.59 Å². The van der Waals surface area contributed by atoms with Crippen molar-refractivity contribution in [3.8, 4) is 0 Å². The van der Waals surface area contributed by atoms with Crippen LogP contribution in [0.2, 0.25) is 0 Å². The van der Waals surface area contributed by atoms with Crippen LogP contribution in [0.15, 0.2) is 15.8 Å². The van der Waals surface area contributed by atoms with Gasteiger partial charge in [0, 0.05) is 18.3 Å². The predicted octanol–water partition coefficient (Wildman–Crippen LogP) is 1.43. The highest BCUT2D eigenvalue weighted by Gasteiger charge is 2.14. The van der Waals surface area contributed by atoms with Gasteiger partial charge in [-0.3, -0.25) is 9.78 Å². The SMILES string of the molecule is Cc1cn(CCC2CCCC2)c(=O)[nH]c1=O. The molecule has 88 valence electrons. The molecule has 1 saturated carbocycles. The smallest absolute Gasteiger partial charge is 0.300 e. The summed E-state index contributed by atoms with van der Waals surface area (Å²) in [5.74, 6) is 0.763. The average molecular weight is 222 g/mol. The molecule has 0 bridgehead atoms. The van der Waals surface area contributed by atoms with Crippen molar-refractivity contribution in [1.29, 1.82) is 0 Å². The second-order valence-corrected chi connectivity index (χ2v) is 4.70. The van der Waals surface area contributed by atoms with E-state index in [1.807, 2.05) is 0 Å². The van der Waals surface area contributed by atoms with Crippen molar-refractivity contribution in [3.63, 3.8) is 0 Å². The van der Waals surface area contributed by atoms with Gasteiger partial charge in [-0.05, 0) is 19.3 Å². The van der Waals surface area contributed by atoms with E-state index in [2.05, 4.69) is 4.98 Å². The summed E-state index contributed by atoms with van der Waals surface area (Å²) in [6.45, 7) is 2.45. The number of hydrogen-bond donors (Lipinski definition) is 1. The van der Waals surface area contributed by atoms with Crippen LogP contribution in [0.5, 0.6) is 0 Å². The maximum absolute atomic E-state index is 11.5. The Labute approximate surface area is 94.3 Å². The second-order valence-electron chi connectivity index (χ2n) is 4.70. The molecule has 1 aliphatic carbocycles. The zero-order valence-corrected chi connectivity index (χ0v) is 9.66. The number of aromatic nitrogens is 2. The van der Waals surface area contributed by atoms with Gasteiger partial charge in [-0.2, -0.15) is 0 Å². The van der Waals surface area contributed by atoms with E-state index in [0.717, 1.165) is 18.9 Å². The molecule has 1 aromatic heterocycles. The van der Waals surface area contributed by atoms with Crippen LogP contribution in [0.3, 0.4) is 0 Å². The number of rotatable bonds is 3. The minimum Gasteiger partial charge on any atom is -0.300 e. The summed E-state index contributed by atoms with van der Waals surface area (Å²) in [7, 11) is 0. The van der Waals surface area contributed by atoms with Crippen LogP contribution in [0.4, 0.5) is 0 Å². The Morgan fingerprint density at radius 3 is 2.75 bits per heavy atom. The van der Waals surface area contributed by atoms with Crippen molar-refractivity contribution in [2.24, 2.45) is 5.92 Å². The van der Waals surface area contributed by atoms with Gasteiger partial charge in [-0.1, -0.05) is 25.7 Å². The van der Waals surface area contributed by atoms with Crippen molar-refractivity contribution >= 4 is 0 Å². The average Bonchev–Trinajstić information content (AvgIpc) is 2.74. The number of nitrogens with one attached hydrogen (secondary N) is 1. The molecule has 1 aliphatic rings. The summed E-state index contributed by atoms with van der Waals surface area (Å²) in [5, 5.41) is 0. The Hall–Kier alpha value is -1.32. The minimum absolute atomic E-state index is 0.276.